The van der Waals surface area contributed by atoms with Crippen LogP contribution >= 0.6 is 0 Å². The summed E-state index contributed by atoms with van der Waals surface area (Å²) in [5.41, 5.74) is 6.88. The van der Waals surface area contributed by atoms with Crippen molar-refractivity contribution in [3.8, 4) is 11.5 Å². The first-order valence-electron chi connectivity index (χ1n) is 14.0. The molecule has 0 atom stereocenters. The molecule has 9 heteroatoms. The average Bonchev–Trinajstić information content (AvgIpc) is 3.48. The van der Waals surface area contributed by atoms with Gasteiger partial charge in [0.15, 0.2) is 17.2 Å². The molecule has 1 aliphatic heterocycles. The highest BCUT2D eigenvalue weighted by Gasteiger charge is 2.25. The van der Waals surface area contributed by atoms with Gasteiger partial charge in [-0.3, -0.25) is 9.51 Å². The average molecular weight is 530 g/mol. The summed E-state index contributed by atoms with van der Waals surface area (Å²) in [5.74, 6) is -0.213. The molecular formula is C30H27FN4O4. The van der Waals surface area contributed by atoms with Crippen LogP contribution in [0.2, 0.25) is 0 Å². The van der Waals surface area contributed by atoms with Gasteiger partial charge in [-0.15, -0.1) is 0 Å². The van der Waals surface area contributed by atoms with Crippen molar-refractivity contribution < 1.29 is 22.5 Å². The molecule has 0 saturated heterocycles. The molecule has 1 N–H and O–H groups in total. The zero-order valence-electron chi connectivity index (χ0n) is 24.5. The standard InChI is InChI=1S/C30H27FN4O4/c1-16(2)27-23(35-11-5-6-24(37-4)29(35)32-27)13-18-7-9-21-19(12-18)15-38-25-14-20(31)8-10-22(25)26(21)17(3)28-33-30(36)39-34-28/h5-12,14,16H,13,15H2,1-4H3,(H,33,34,36)/b26-17+/i4D3. The summed E-state index contributed by atoms with van der Waals surface area (Å²) in [4.78, 5) is 19.1. The molecule has 0 bridgehead atoms. The lowest BCUT2D eigenvalue weighted by Crippen LogP contribution is -2.03. The fourth-order valence-corrected chi connectivity index (χ4v) is 5.18. The summed E-state index contributed by atoms with van der Waals surface area (Å²) in [6.45, 7) is 6.06. The van der Waals surface area contributed by atoms with E-state index in [1.54, 1.807) is 18.2 Å². The zero-order chi connectivity index (χ0) is 29.8. The highest BCUT2D eigenvalue weighted by atomic mass is 19.1. The Bertz CT molecular complexity index is 1920. The van der Waals surface area contributed by atoms with Crippen molar-refractivity contribution in [2.75, 3.05) is 7.04 Å². The summed E-state index contributed by atoms with van der Waals surface area (Å²) < 4.78 is 54.8. The SMILES string of the molecule is [2H]C([2H])([2H])Oc1cccn2c(Cc3ccc4c(c3)COc3cc(F)ccc3/C4=C(\C)c3noc(=O)[nH]3)c(C(C)C)nc12. The van der Waals surface area contributed by atoms with Gasteiger partial charge < -0.3 is 13.9 Å². The molecule has 4 heterocycles. The first-order chi connectivity index (χ1) is 20.0. The number of pyridine rings is 1. The van der Waals surface area contributed by atoms with E-state index in [0.29, 0.717) is 29.0 Å². The minimum absolute atomic E-state index is 0.0656. The lowest BCUT2D eigenvalue weighted by atomic mass is 9.89. The highest BCUT2D eigenvalue weighted by Crippen LogP contribution is 2.41. The maximum atomic E-state index is 14.2. The number of imidazole rings is 1. The van der Waals surface area contributed by atoms with E-state index < -0.39 is 18.6 Å². The Kier molecular flexibility index (Phi) is 5.23. The van der Waals surface area contributed by atoms with Crippen LogP contribution in [-0.2, 0) is 13.0 Å². The molecular weight excluding hydrogens is 499 g/mol. The second kappa shape index (κ2) is 9.58. The topological polar surface area (TPSA) is 94.6 Å². The van der Waals surface area contributed by atoms with Gasteiger partial charge >= 0.3 is 5.76 Å². The number of allylic oxidation sites excluding steroid dienone is 1. The number of aromatic amines is 1. The first kappa shape index (κ1) is 21.3. The van der Waals surface area contributed by atoms with Crippen LogP contribution in [0.1, 0.15) is 70.3 Å². The van der Waals surface area contributed by atoms with E-state index in [9.17, 15) is 9.18 Å². The first-order valence-corrected chi connectivity index (χ1v) is 12.5. The fourth-order valence-electron chi connectivity index (χ4n) is 5.18. The minimum atomic E-state index is -2.61. The van der Waals surface area contributed by atoms with E-state index in [4.69, 9.17) is 23.1 Å². The maximum Gasteiger partial charge on any atom is 0.439 e. The number of halogens is 1. The summed E-state index contributed by atoms with van der Waals surface area (Å²) in [6.07, 6.45) is 2.34. The number of benzene rings is 2. The maximum absolute atomic E-state index is 14.2. The van der Waals surface area contributed by atoms with Gasteiger partial charge in [0.1, 0.15) is 18.2 Å². The van der Waals surface area contributed by atoms with Gasteiger partial charge in [-0.25, -0.2) is 14.2 Å². The Hall–Kier alpha value is -4.66. The molecule has 8 nitrogen and oxygen atoms in total. The molecule has 0 aliphatic carbocycles. The van der Waals surface area contributed by atoms with Gasteiger partial charge in [0.2, 0.25) is 0 Å². The third-order valence-electron chi connectivity index (χ3n) is 6.98. The molecule has 2 aromatic carbocycles. The lowest BCUT2D eigenvalue weighted by molar-refractivity contribution is 0.305. The molecule has 0 spiro atoms. The highest BCUT2D eigenvalue weighted by molar-refractivity contribution is 5.99. The van der Waals surface area contributed by atoms with E-state index >= 15 is 0 Å². The zero-order valence-corrected chi connectivity index (χ0v) is 21.5. The van der Waals surface area contributed by atoms with E-state index in [1.165, 1.54) is 12.1 Å². The van der Waals surface area contributed by atoms with Crippen LogP contribution < -0.4 is 15.2 Å². The molecule has 198 valence electrons. The van der Waals surface area contributed by atoms with Gasteiger partial charge in [-0.2, -0.15) is 0 Å². The number of rotatable bonds is 5. The lowest BCUT2D eigenvalue weighted by Gasteiger charge is -2.15. The smallest absolute Gasteiger partial charge is 0.439 e. The number of fused-ring (bicyclic) bond motifs is 3. The Morgan fingerprint density at radius 3 is 2.85 bits per heavy atom. The number of aromatic nitrogens is 4. The summed E-state index contributed by atoms with van der Waals surface area (Å²) in [5, 5.41) is 3.87. The Labute approximate surface area is 227 Å². The summed E-state index contributed by atoms with van der Waals surface area (Å²) in [7, 11) is -2.61. The van der Waals surface area contributed by atoms with Crippen molar-refractivity contribution >= 4 is 16.8 Å². The van der Waals surface area contributed by atoms with Crippen LogP contribution in [0.5, 0.6) is 11.5 Å². The quantitative estimate of drug-likeness (QED) is 0.312. The molecule has 0 saturated carbocycles. The fraction of sp³-hybridized carbons (Fsp3) is 0.233. The number of hydrogen-bond donors (Lipinski definition) is 1. The Morgan fingerprint density at radius 2 is 2.08 bits per heavy atom. The molecule has 3 aromatic heterocycles. The summed E-state index contributed by atoms with van der Waals surface area (Å²) in [6, 6.07) is 13.7. The van der Waals surface area contributed by atoms with Crippen molar-refractivity contribution in [3.63, 3.8) is 0 Å². The van der Waals surface area contributed by atoms with Crippen molar-refractivity contribution in [3.05, 3.63) is 111 Å². The molecule has 39 heavy (non-hydrogen) atoms. The van der Waals surface area contributed by atoms with E-state index in [2.05, 4.69) is 10.1 Å². The third-order valence-corrected chi connectivity index (χ3v) is 6.98. The predicted molar refractivity (Wildman–Crippen MR) is 145 cm³/mol. The van der Waals surface area contributed by atoms with Crippen molar-refractivity contribution in [2.45, 2.75) is 39.7 Å². The van der Waals surface area contributed by atoms with Crippen LogP contribution in [0.3, 0.4) is 0 Å². The number of ether oxygens (including phenoxy) is 2. The second-order valence-corrected chi connectivity index (χ2v) is 9.81. The monoisotopic (exact) mass is 529 g/mol. The molecule has 5 aromatic rings. The number of H-pyrrole nitrogens is 1. The number of hydrogen-bond acceptors (Lipinski definition) is 6. The van der Waals surface area contributed by atoms with Crippen LogP contribution in [0.25, 0.3) is 16.8 Å². The van der Waals surface area contributed by atoms with Crippen LogP contribution in [0, 0.1) is 5.82 Å². The molecule has 0 radical (unpaired) electrons. The summed E-state index contributed by atoms with van der Waals surface area (Å²) >= 11 is 0. The second-order valence-electron chi connectivity index (χ2n) is 9.81. The molecule has 0 amide bonds. The van der Waals surface area contributed by atoms with Crippen molar-refractivity contribution in [1.82, 2.24) is 19.5 Å². The third kappa shape index (κ3) is 4.29. The van der Waals surface area contributed by atoms with Crippen LogP contribution in [0.4, 0.5) is 4.39 Å². The molecule has 6 rings (SSSR count). The number of methoxy groups -OCH3 is 1. The van der Waals surface area contributed by atoms with E-state index in [0.717, 1.165) is 33.7 Å². The predicted octanol–water partition coefficient (Wildman–Crippen LogP) is 5.74. The van der Waals surface area contributed by atoms with E-state index in [-0.39, 0.29) is 24.1 Å². The van der Waals surface area contributed by atoms with Gasteiger partial charge in [0, 0.05) is 29.8 Å². The van der Waals surface area contributed by atoms with E-state index in [1.807, 2.05) is 49.6 Å². The Balaban J connectivity index is 1.47. The number of nitrogens with one attached hydrogen (secondary N) is 1. The van der Waals surface area contributed by atoms with Gasteiger partial charge in [-0.05, 0) is 59.4 Å². The normalized spacial score (nSPS) is 15.6. The minimum Gasteiger partial charge on any atom is -0.493 e. The van der Waals surface area contributed by atoms with Gasteiger partial charge in [-0.1, -0.05) is 37.2 Å². The van der Waals surface area contributed by atoms with Crippen LogP contribution in [-0.4, -0.2) is 26.6 Å². The van der Waals surface area contributed by atoms with Crippen molar-refractivity contribution in [1.29, 1.82) is 0 Å². The Morgan fingerprint density at radius 1 is 1.23 bits per heavy atom. The van der Waals surface area contributed by atoms with Gasteiger partial charge in [0.25, 0.3) is 0 Å². The molecule has 0 unspecified atom stereocenters. The van der Waals surface area contributed by atoms with Crippen molar-refractivity contribution in [2.24, 2.45) is 0 Å². The molecule has 1 aliphatic rings. The van der Waals surface area contributed by atoms with Crippen LogP contribution in [0.15, 0.2) is 64.0 Å². The largest absolute Gasteiger partial charge is 0.493 e. The molecule has 0 fully saturated rings. The van der Waals surface area contributed by atoms with Gasteiger partial charge in [0.05, 0.1) is 22.5 Å². The number of nitrogens with zero attached hydrogens (tertiary/aromatic N) is 3.